The number of aliphatic hydroxyl groups excluding tert-OH is 1. The van der Waals surface area contributed by atoms with Crippen LogP contribution in [-0.2, 0) is 9.47 Å². The molecule has 2 unspecified atom stereocenters. The van der Waals surface area contributed by atoms with Crippen LogP contribution in [-0.4, -0.2) is 76.3 Å². The van der Waals surface area contributed by atoms with E-state index in [9.17, 15) is 5.11 Å². The van der Waals surface area contributed by atoms with Gasteiger partial charge in [0.05, 0.1) is 25.9 Å². The van der Waals surface area contributed by atoms with E-state index >= 15 is 0 Å². The van der Waals surface area contributed by atoms with E-state index in [4.69, 9.17) is 9.47 Å². The molecule has 16 heavy (non-hydrogen) atoms. The second kappa shape index (κ2) is 9.99. The van der Waals surface area contributed by atoms with Crippen molar-refractivity contribution in [3.8, 4) is 0 Å². The first kappa shape index (κ1) is 15.8. The van der Waals surface area contributed by atoms with E-state index in [1.165, 1.54) is 0 Å². The molecule has 5 heteroatoms. The molecule has 0 aliphatic rings. The first-order chi connectivity index (χ1) is 7.57. The average Bonchev–Trinajstić information content (AvgIpc) is 2.24. The van der Waals surface area contributed by atoms with Gasteiger partial charge in [-0.1, -0.05) is 0 Å². The van der Waals surface area contributed by atoms with Gasteiger partial charge in [0.25, 0.3) is 0 Å². The third kappa shape index (κ3) is 9.06. The van der Waals surface area contributed by atoms with Crippen LogP contribution < -0.4 is 5.32 Å². The fourth-order valence-corrected chi connectivity index (χ4v) is 1.06. The fourth-order valence-electron chi connectivity index (χ4n) is 1.06. The summed E-state index contributed by atoms with van der Waals surface area (Å²) in [5.74, 6) is 0. The number of rotatable bonds is 10. The van der Waals surface area contributed by atoms with E-state index in [1.807, 2.05) is 14.1 Å². The van der Waals surface area contributed by atoms with Crippen molar-refractivity contribution in [2.45, 2.75) is 19.1 Å². The molecule has 0 saturated heterocycles. The number of methoxy groups -OCH3 is 1. The molecule has 0 aromatic heterocycles. The van der Waals surface area contributed by atoms with Gasteiger partial charge in [-0.15, -0.1) is 0 Å². The molecule has 2 N–H and O–H groups in total. The van der Waals surface area contributed by atoms with E-state index in [1.54, 1.807) is 7.11 Å². The van der Waals surface area contributed by atoms with Gasteiger partial charge < -0.3 is 24.8 Å². The van der Waals surface area contributed by atoms with Crippen molar-refractivity contribution < 1.29 is 14.6 Å². The topological polar surface area (TPSA) is 54.0 Å². The van der Waals surface area contributed by atoms with Crippen LogP contribution in [0.2, 0.25) is 0 Å². The average molecular weight is 234 g/mol. The molecular weight excluding hydrogens is 208 g/mol. The number of nitrogens with one attached hydrogen (secondary N) is 1. The number of ether oxygens (including phenoxy) is 2. The summed E-state index contributed by atoms with van der Waals surface area (Å²) in [6.45, 7) is 5.01. The van der Waals surface area contributed by atoms with Crippen LogP contribution in [0.3, 0.4) is 0 Å². The van der Waals surface area contributed by atoms with Gasteiger partial charge in [-0.05, 0) is 21.0 Å². The Morgan fingerprint density at radius 2 is 1.94 bits per heavy atom. The maximum atomic E-state index is 9.56. The number of aliphatic hydroxyl groups is 1. The van der Waals surface area contributed by atoms with E-state index in [0.29, 0.717) is 32.4 Å². The van der Waals surface area contributed by atoms with E-state index < -0.39 is 6.10 Å². The van der Waals surface area contributed by atoms with Crippen LogP contribution in [0, 0.1) is 0 Å². The Labute approximate surface area is 98.7 Å². The molecule has 0 aromatic rings. The van der Waals surface area contributed by atoms with Crippen LogP contribution in [0.4, 0.5) is 0 Å². The Morgan fingerprint density at radius 1 is 1.25 bits per heavy atom. The molecule has 98 valence electrons. The van der Waals surface area contributed by atoms with Gasteiger partial charge in [0.1, 0.15) is 0 Å². The summed E-state index contributed by atoms with van der Waals surface area (Å²) in [5.41, 5.74) is 0. The third-order valence-electron chi connectivity index (χ3n) is 2.44. The van der Waals surface area contributed by atoms with Crippen molar-refractivity contribution in [1.82, 2.24) is 10.2 Å². The number of hydrogen-bond acceptors (Lipinski definition) is 5. The van der Waals surface area contributed by atoms with Crippen molar-refractivity contribution in [3.63, 3.8) is 0 Å². The van der Waals surface area contributed by atoms with Gasteiger partial charge in [0, 0.05) is 26.2 Å². The number of hydrogen-bond donors (Lipinski definition) is 2. The highest BCUT2D eigenvalue weighted by molar-refractivity contribution is 4.65. The molecule has 0 spiro atoms. The Bertz CT molecular complexity index is 156. The summed E-state index contributed by atoms with van der Waals surface area (Å²) in [7, 11) is 5.71. The van der Waals surface area contributed by atoms with Gasteiger partial charge in [0.2, 0.25) is 0 Å². The summed E-state index contributed by atoms with van der Waals surface area (Å²) in [6, 6.07) is 0.460. The molecule has 0 heterocycles. The molecule has 0 aliphatic carbocycles. The maximum absolute atomic E-state index is 9.56. The van der Waals surface area contributed by atoms with Crippen molar-refractivity contribution in [2.75, 3.05) is 54.1 Å². The van der Waals surface area contributed by atoms with Crippen molar-refractivity contribution >= 4 is 0 Å². The molecule has 0 bridgehead atoms. The van der Waals surface area contributed by atoms with Gasteiger partial charge in [-0.3, -0.25) is 0 Å². The Hall–Kier alpha value is -0.200. The molecule has 0 fully saturated rings. The third-order valence-corrected chi connectivity index (χ3v) is 2.44. The quantitative estimate of drug-likeness (QED) is 0.502. The lowest BCUT2D eigenvalue weighted by molar-refractivity contribution is 0.0135. The largest absolute Gasteiger partial charge is 0.389 e. The van der Waals surface area contributed by atoms with Gasteiger partial charge >= 0.3 is 0 Å². The highest BCUT2D eigenvalue weighted by Gasteiger charge is 2.06. The molecular formula is C11H26N2O3. The molecule has 0 radical (unpaired) electrons. The second-order valence-electron chi connectivity index (χ2n) is 4.19. The van der Waals surface area contributed by atoms with Crippen molar-refractivity contribution in [1.29, 1.82) is 0 Å². The van der Waals surface area contributed by atoms with Gasteiger partial charge in [-0.25, -0.2) is 0 Å². The smallest absolute Gasteiger partial charge is 0.0897 e. The van der Waals surface area contributed by atoms with Crippen molar-refractivity contribution in [3.05, 3.63) is 0 Å². The van der Waals surface area contributed by atoms with Crippen LogP contribution in [0.25, 0.3) is 0 Å². The lowest BCUT2D eigenvalue weighted by Crippen LogP contribution is -2.39. The normalized spacial score (nSPS) is 15.4. The van der Waals surface area contributed by atoms with Crippen LogP contribution in [0.1, 0.15) is 6.92 Å². The zero-order valence-corrected chi connectivity index (χ0v) is 10.9. The zero-order valence-electron chi connectivity index (χ0n) is 10.9. The Kier molecular flexibility index (Phi) is 9.86. The maximum Gasteiger partial charge on any atom is 0.0897 e. The SMILES string of the molecule is COCCOCC(O)CNCC(C)N(C)C. The minimum atomic E-state index is -0.453. The fraction of sp³-hybridized carbons (Fsp3) is 1.00. The van der Waals surface area contributed by atoms with Crippen LogP contribution in [0.5, 0.6) is 0 Å². The molecule has 2 atom stereocenters. The Balaban J connectivity index is 3.33. The zero-order chi connectivity index (χ0) is 12.4. The van der Waals surface area contributed by atoms with Crippen LogP contribution >= 0.6 is 0 Å². The Morgan fingerprint density at radius 3 is 2.50 bits per heavy atom. The summed E-state index contributed by atoms with van der Waals surface area (Å²) in [5, 5.41) is 12.8. The van der Waals surface area contributed by atoms with Gasteiger partial charge in [-0.2, -0.15) is 0 Å². The standard InChI is InChI=1S/C11H26N2O3/c1-10(13(2)3)7-12-8-11(14)9-16-6-5-15-4/h10-12,14H,5-9H2,1-4H3. The van der Waals surface area contributed by atoms with Crippen molar-refractivity contribution in [2.24, 2.45) is 0 Å². The lowest BCUT2D eigenvalue weighted by Gasteiger charge is -2.21. The molecule has 0 amide bonds. The van der Waals surface area contributed by atoms with E-state index in [0.717, 1.165) is 6.54 Å². The summed E-state index contributed by atoms with van der Waals surface area (Å²) in [4.78, 5) is 2.13. The molecule has 0 saturated carbocycles. The highest BCUT2D eigenvalue weighted by atomic mass is 16.5. The summed E-state index contributed by atoms with van der Waals surface area (Å²) in [6.07, 6.45) is -0.453. The molecule has 0 aromatic carbocycles. The predicted octanol–water partition coefficient (Wildman–Crippen LogP) is -0.450. The second-order valence-corrected chi connectivity index (χ2v) is 4.19. The van der Waals surface area contributed by atoms with Gasteiger partial charge in [0.15, 0.2) is 0 Å². The minimum Gasteiger partial charge on any atom is -0.389 e. The number of nitrogens with zero attached hydrogens (tertiary/aromatic N) is 1. The lowest BCUT2D eigenvalue weighted by atomic mass is 10.3. The highest BCUT2D eigenvalue weighted by Crippen LogP contribution is 1.89. The summed E-state index contributed by atoms with van der Waals surface area (Å²) >= 11 is 0. The molecule has 0 aliphatic heterocycles. The molecule has 0 rings (SSSR count). The number of likely N-dealkylation sites (N-methyl/N-ethyl adjacent to an activating group) is 1. The van der Waals surface area contributed by atoms with E-state index in [2.05, 4.69) is 17.1 Å². The van der Waals surface area contributed by atoms with E-state index in [-0.39, 0.29) is 0 Å². The first-order valence-electron chi connectivity index (χ1n) is 5.69. The summed E-state index contributed by atoms with van der Waals surface area (Å²) < 4.78 is 10.1. The predicted molar refractivity (Wildman–Crippen MR) is 64.7 cm³/mol. The molecule has 5 nitrogen and oxygen atoms in total. The van der Waals surface area contributed by atoms with Crippen LogP contribution in [0.15, 0.2) is 0 Å². The first-order valence-corrected chi connectivity index (χ1v) is 5.69. The monoisotopic (exact) mass is 234 g/mol. The minimum absolute atomic E-state index is 0.354.